The Labute approximate surface area is 136 Å². The zero-order valence-corrected chi connectivity index (χ0v) is 14.1. The van der Waals surface area contributed by atoms with Crippen molar-refractivity contribution < 1.29 is 13.2 Å². The van der Waals surface area contributed by atoms with Crippen LogP contribution >= 0.6 is 0 Å². The smallest absolute Gasteiger partial charge is 0.261 e. The van der Waals surface area contributed by atoms with Gasteiger partial charge in [-0.2, -0.15) is 0 Å². The van der Waals surface area contributed by atoms with Crippen molar-refractivity contribution in [1.82, 2.24) is 5.32 Å². The molecule has 0 bridgehead atoms. The minimum absolute atomic E-state index is 0.206. The van der Waals surface area contributed by atoms with Crippen molar-refractivity contribution in [3.63, 3.8) is 0 Å². The van der Waals surface area contributed by atoms with Crippen LogP contribution in [0.5, 0.6) is 0 Å². The van der Waals surface area contributed by atoms with Crippen molar-refractivity contribution in [2.45, 2.75) is 24.7 Å². The summed E-state index contributed by atoms with van der Waals surface area (Å²) >= 11 is 0. The molecule has 2 rings (SSSR count). The average Bonchev–Trinajstić information content (AvgIpc) is 2.54. The van der Waals surface area contributed by atoms with Crippen LogP contribution in [0.4, 0.5) is 5.69 Å². The van der Waals surface area contributed by atoms with Gasteiger partial charge in [0, 0.05) is 18.3 Å². The quantitative estimate of drug-likeness (QED) is 0.884. The van der Waals surface area contributed by atoms with Crippen LogP contribution in [-0.2, 0) is 10.0 Å². The molecule has 122 valence electrons. The van der Waals surface area contributed by atoms with Crippen molar-refractivity contribution in [2.24, 2.45) is 0 Å². The molecule has 0 spiro atoms. The molecule has 0 saturated carbocycles. The van der Waals surface area contributed by atoms with Crippen LogP contribution in [0.1, 0.15) is 35.7 Å². The first-order chi connectivity index (χ1) is 10.8. The van der Waals surface area contributed by atoms with Crippen LogP contribution < -0.4 is 10.0 Å². The van der Waals surface area contributed by atoms with Gasteiger partial charge in [0.2, 0.25) is 0 Å². The van der Waals surface area contributed by atoms with E-state index in [2.05, 4.69) is 23.9 Å². The summed E-state index contributed by atoms with van der Waals surface area (Å²) in [6.07, 6.45) is 0. The first-order valence-electron chi connectivity index (χ1n) is 7.28. The fourth-order valence-electron chi connectivity index (χ4n) is 2.08. The molecule has 2 aromatic carbocycles. The molecule has 5 nitrogen and oxygen atoms in total. The fourth-order valence-corrected chi connectivity index (χ4v) is 3.14. The summed E-state index contributed by atoms with van der Waals surface area (Å²) < 4.78 is 27.2. The van der Waals surface area contributed by atoms with E-state index in [0.29, 0.717) is 17.2 Å². The first kappa shape index (κ1) is 17.0. The van der Waals surface area contributed by atoms with Crippen molar-refractivity contribution in [1.29, 1.82) is 0 Å². The normalized spacial score (nSPS) is 11.3. The van der Waals surface area contributed by atoms with Gasteiger partial charge in [0.15, 0.2) is 0 Å². The number of rotatable bonds is 5. The molecule has 0 aromatic heterocycles. The number of amides is 1. The van der Waals surface area contributed by atoms with Gasteiger partial charge in [-0.15, -0.1) is 0 Å². The molecule has 23 heavy (non-hydrogen) atoms. The van der Waals surface area contributed by atoms with Crippen molar-refractivity contribution in [2.75, 3.05) is 11.8 Å². The van der Waals surface area contributed by atoms with Crippen LogP contribution in [-0.4, -0.2) is 21.4 Å². The lowest BCUT2D eigenvalue weighted by Crippen LogP contribution is -2.18. The van der Waals surface area contributed by atoms with E-state index in [1.165, 1.54) is 0 Å². The maximum atomic E-state index is 12.4. The third-order valence-corrected chi connectivity index (χ3v) is 4.88. The Morgan fingerprint density at radius 3 is 2.00 bits per heavy atom. The summed E-state index contributed by atoms with van der Waals surface area (Å²) in [6, 6.07) is 13.1. The molecule has 0 fully saturated rings. The summed E-state index contributed by atoms with van der Waals surface area (Å²) in [4.78, 5) is 11.7. The van der Waals surface area contributed by atoms with E-state index in [4.69, 9.17) is 0 Å². The van der Waals surface area contributed by atoms with E-state index in [1.54, 1.807) is 43.4 Å². The van der Waals surface area contributed by atoms with Crippen molar-refractivity contribution in [3.8, 4) is 0 Å². The second-order valence-corrected chi connectivity index (χ2v) is 7.17. The van der Waals surface area contributed by atoms with Crippen LogP contribution in [0.3, 0.4) is 0 Å². The lowest BCUT2D eigenvalue weighted by Gasteiger charge is -2.10. The van der Waals surface area contributed by atoms with E-state index in [1.807, 2.05) is 12.1 Å². The van der Waals surface area contributed by atoms with E-state index in [-0.39, 0.29) is 10.8 Å². The largest absolute Gasteiger partial charge is 0.355 e. The second-order valence-electron chi connectivity index (χ2n) is 5.49. The van der Waals surface area contributed by atoms with Gasteiger partial charge in [0.1, 0.15) is 0 Å². The van der Waals surface area contributed by atoms with E-state index in [9.17, 15) is 13.2 Å². The Balaban J connectivity index is 2.19. The topological polar surface area (TPSA) is 75.3 Å². The second kappa shape index (κ2) is 6.83. The summed E-state index contributed by atoms with van der Waals surface area (Å²) in [5, 5.41) is 2.51. The number of hydrogen-bond acceptors (Lipinski definition) is 3. The lowest BCUT2D eigenvalue weighted by atomic mass is 10.0. The number of carbonyl (C=O) groups is 1. The molecule has 0 aliphatic carbocycles. The van der Waals surface area contributed by atoms with Crippen LogP contribution in [0.2, 0.25) is 0 Å². The van der Waals surface area contributed by atoms with Gasteiger partial charge in [-0.25, -0.2) is 8.42 Å². The molecule has 1 amide bonds. The third-order valence-electron chi connectivity index (χ3n) is 3.48. The average molecular weight is 332 g/mol. The van der Waals surface area contributed by atoms with E-state index < -0.39 is 10.0 Å². The van der Waals surface area contributed by atoms with E-state index in [0.717, 1.165) is 5.56 Å². The summed E-state index contributed by atoms with van der Waals surface area (Å²) in [5.74, 6) is 0.126. The molecule has 0 saturated heterocycles. The Morgan fingerprint density at radius 1 is 0.957 bits per heavy atom. The predicted molar refractivity (Wildman–Crippen MR) is 91.2 cm³/mol. The minimum atomic E-state index is -3.65. The summed E-state index contributed by atoms with van der Waals surface area (Å²) in [6.45, 7) is 4.10. The highest BCUT2D eigenvalue weighted by Gasteiger charge is 2.14. The molecule has 0 aliphatic rings. The number of hydrogen-bond donors (Lipinski definition) is 2. The number of nitrogens with one attached hydrogen (secondary N) is 2. The zero-order valence-electron chi connectivity index (χ0n) is 13.3. The Kier molecular flexibility index (Phi) is 5.05. The van der Waals surface area contributed by atoms with Gasteiger partial charge in [-0.05, 0) is 47.9 Å². The summed E-state index contributed by atoms with van der Waals surface area (Å²) in [7, 11) is -2.10. The zero-order chi connectivity index (χ0) is 17.0. The Bertz CT molecular complexity index is 780. The van der Waals surface area contributed by atoms with Crippen LogP contribution in [0, 0.1) is 0 Å². The van der Waals surface area contributed by atoms with Crippen LogP contribution in [0.15, 0.2) is 53.4 Å². The third kappa shape index (κ3) is 4.10. The SMILES string of the molecule is CNC(=O)c1ccc(NS(=O)(=O)c2ccc(C(C)C)cc2)cc1. The fraction of sp³-hybridized carbons (Fsp3) is 0.235. The predicted octanol–water partition coefficient (Wildman–Crippen LogP) is 2.97. The van der Waals surface area contributed by atoms with Crippen molar-refractivity contribution >= 4 is 21.6 Å². The molecule has 0 unspecified atom stereocenters. The van der Waals surface area contributed by atoms with Gasteiger partial charge >= 0.3 is 0 Å². The lowest BCUT2D eigenvalue weighted by molar-refractivity contribution is 0.0963. The maximum absolute atomic E-state index is 12.4. The number of anilines is 1. The van der Waals surface area contributed by atoms with Crippen LogP contribution in [0.25, 0.3) is 0 Å². The minimum Gasteiger partial charge on any atom is -0.355 e. The highest BCUT2D eigenvalue weighted by atomic mass is 32.2. The number of benzene rings is 2. The molecule has 0 heterocycles. The molecular formula is C17H20N2O3S. The van der Waals surface area contributed by atoms with E-state index >= 15 is 0 Å². The monoisotopic (exact) mass is 332 g/mol. The Hall–Kier alpha value is -2.34. The highest BCUT2D eigenvalue weighted by Crippen LogP contribution is 2.20. The van der Waals surface area contributed by atoms with Gasteiger partial charge < -0.3 is 5.32 Å². The van der Waals surface area contributed by atoms with Crippen molar-refractivity contribution in [3.05, 3.63) is 59.7 Å². The standard InChI is InChI=1S/C17H20N2O3S/c1-12(2)13-6-10-16(11-7-13)23(21,22)19-15-8-4-14(5-9-15)17(20)18-3/h4-12,19H,1-3H3,(H,18,20). The molecule has 0 aliphatic heterocycles. The number of sulfonamides is 1. The van der Waals surface area contributed by atoms with Gasteiger partial charge in [0.25, 0.3) is 15.9 Å². The molecule has 2 N–H and O–H groups in total. The maximum Gasteiger partial charge on any atom is 0.261 e. The molecule has 0 atom stereocenters. The van der Waals surface area contributed by atoms with Gasteiger partial charge in [-0.3, -0.25) is 9.52 Å². The van der Waals surface area contributed by atoms with Gasteiger partial charge in [-0.1, -0.05) is 26.0 Å². The summed E-state index contributed by atoms with van der Waals surface area (Å²) in [5.41, 5.74) is 1.96. The molecular weight excluding hydrogens is 312 g/mol. The Morgan fingerprint density at radius 2 is 1.52 bits per heavy atom. The number of carbonyl (C=O) groups excluding carboxylic acids is 1. The molecule has 0 radical (unpaired) electrons. The van der Waals surface area contributed by atoms with Gasteiger partial charge in [0.05, 0.1) is 4.90 Å². The highest BCUT2D eigenvalue weighted by molar-refractivity contribution is 7.92. The molecule has 6 heteroatoms. The molecule has 2 aromatic rings. The first-order valence-corrected chi connectivity index (χ1v) is 8.76.